The lowest BCUT2D eigenvalue weighted by molar-refractivity contribution is 0.0338. The summed E-state index contributed by atoms with van der Waals surface area (Å²) >= 11 is 0. The van der Waals surface area contributed by atoms with E-state index in [0.717, 1.165) is 11.8 Å². The minimum atomic E-state index is -3.33. The number of carbonyl (C=O) groups excluding carboxylic acids is 1. The molecule has 0 aromatic heterocycles. The van der Waals surface area contributed by atoms with E-state index in [0.29, 0.717) is 11.3 Å². The van der Waals surface area contributed by atoms with Gasteiger partial charge < -0.3 is 4.74 Å². The second-order valence-electron chi connectivity index (χ2n) is 4.91. The van der Waals surface area contributed by atoms with Gasteiger partial charge in [0.2, 0.25) is 10.0 Å². The van der Waals surface area contributed by atoms with Gasteiger partial charge >= 0.3 is 5.97 Å². The molecule has 116 valence electrons. The quantitative estimate of drug-likeness (QED) is 0.860. The van der Waals surface area contributed by atoms with Gasteiger partial charge in [0.1, 0.15) is 6.10 Å². The first-order valence-electron chi connectivity index (χ1n) is 6.69. The zero-order valence-corrected chi connectivity index (χ0v) is 13.1. The van der Waals surface area contributed by atoms with Crippen molar-refractivity contribution in [1.29, 1.82) is 0 Å². The topological polar surface area (TPSA) is 72.5 Å². The molecule has 0 fully saturated rings. The molecule has 0 aliphatic rings. The number of esters is 1. The molecule has 0 saturated heterocycles. The fraction of sp³-hybridized carbons (Fsp3) is 0.188. The van der Waals surface area contributed by atoms with Crippen LogP contribution in [0.25, 0.3) is 0 Å². The van der Waals surface area contributed by atoms with Crippen molar-refractivity contribution in [2.45, 2.75) is 13.0 Å². The molecule has 6 heteroatoms. The van der Waals surface area contributed by atoms with Crippen LogP contribution >= 0.6 is 0 Å². The zero-order chi connectivity index (χ0) is 16.2. The van der Waals surface area contributed by atoms with E-state index in [1.807, 2.05) is 30.3 Å². The van der Waals surface area contributed by atoms with E-state index in [2.05, 4.69) is 4.72 Å². The Morgan fingerprint density at radius 3 is 2.18 bits per heavy atom. The first kappa shape index (κ1) is 16.0. The molecule has 0 saturated carbocycles. The fourth-order valence-electron chi connectivity index (χ4n) is 1.91. The second-order valence-corrected chi connectivity index (χ2v) is 6.66. The summed E-state index contributed by atoms with van der Waals surface area (Å²) in [7, 11) is -3.33. The maximum Gasteiger partial charge on any atom is 0.338 e. The third-order valence-electron chi connectivity index (χ3n) is 2.98. The van der Waals surface area contributed by atoms with Gasteiger partial charge in [-0.2, -0.15) is 0 Å². The normalized spacial score (nSPS) is 12.5. The Hall–Kier alpha value is -2.34. The molecular formula is C16H17NO4S. The summed E-state index contributed by atoms with van der Waals surface area (Å²) < 4.78 is 30.0. The minimum absolute atomic E-state index is 0.359. The summed E-state index contributed by atoms with van der Waals surface area (Å²) in [5, 5.41) is 0. The number of rotatable bonds is 5. The predicted octanol–water partition coefficient (Wildman–Crippen LogP) is 2.98. The van der Waals surface area contributed by atoms with E-state index in [-0.39, 0.29) is 6.10 Å². The van der Waals surface area contributed by atoms with E-state index in [4.69, 9.17) is 4.74 Å². The van der Waals surface area contributed by atoms with Crippen molar-refractivity contribution < 1.29 is 17.9 Å². The molecule has 0 radical (unpaired) electrons. The standard InChI is InChI=1S/C16H17NO4S/c1-12(13-6-4-3-5-7-13)21-16(18)14-8-10-15(11-9-14)17-22(2,19)20/h3-12,17H,1-2H3/t12-/m0/s1. The number of nitrogens with one attached hydrogen (secondary N) is 1. The lowest BCUT2D eigenvalue weighted by atomic mass is 10.1. The second kappa shape index (κ2) is 6.62. The Morgan fingerprint density at radius 1 is 1.05 bits per heavy atom. The van der Waals surface area contributed by atoms with Crippen molar-refractivity contribution in [1.82, 2.24) is 0 Å². The van der Waals surface area contributed by atoms with Crippen molar-refractivity contribution in [3.63, 3.8) is 0 Å². The molecule has 2 rings (SSSR count). The Morgan fingerprint density at radius 2 is 1.64 bits per heavy atom. The van der Waals surface area contributed by atoms with Crippen molar-refractivity contribution in [3.8, 4) is 0 Å². The molecule has 0 bridgehead atoms. The number of carbonyl (C=O) groups is 1. The predicted molar refractivity (Wildman–Crippen MR) is 85.2 cm³/mol. The smallest absolute Gasteiger partial charge is 0.338 e. The van der Waals surface area contributed by atoms with Gasteiger partial charge in [-0.1, -0.05) is 30.3 Å². The molecule has 0 spiro atoms. The van der Waals surface area contributed by atoms with Crippen LogP contribution in [0, 0.1) is 0 Å². The maximum atomic E-state index is 12.1. The average molecular weight is 319 g/mol. The van der Waals surface area contributed by atoms with Crippen LogP contribution in [0.1, 0.15) is 28.9 Å². The van der Waals surface area contributed by atoms with Crippen LogP contribution in [-0.2, 0) is 14.8 Å². The van der Waals surface area contributed by atoms with Crippen molar-refractivity contribution in [3.05, 3.63) is 65.7 Å². The maximum absolute atomic E-state index is 12.1. The Kier molecular flexibility index (Phi) is 4.82. The summed E-state index contributed by atoms with van der Waals surface area (Å²) in [5.74, 6) is -0.456. The highest BCUT2D eigenvalue weighted by Crippen LogP contribution is 2.19. The highest BCUT2D eigenvalue weighted by Gasteiger charge is 2.13. The number of benzene rings is 2. The minimum Gasteiger partial charge on any atom is -0.454 e. The van der Waals surface area contributed by atoms with Gasteiger partial charge in [-0.25, -0.2) is 13.2 Å². The van der Waals surface area contributed by atoms with Crippen LogP contribution in [-0.4, -0.2) is 20.6 Å². The third kappa shape index (κ3) is 4.60. The monoisotopic (exact) mass is 319 g/mol. The molecule has 0 heterocycles. The molecule has 0 amide bonds. The van der Waals surface area contributed by atoms with E-state index in [1.165, 1.54) is 24.3 Å². The summed E-state index contributed by atoms with van der Waals surface area (Å²) in [6.07, 6.45) is 0.707. The van der Waals surface area contributed by atoms with Crippen molar-refractivity contribution >= 4 is 21.7 Å². The Balaban J connectivity index is 2.04. The van der Waals surface area contributed by atoms with Crippen LogP contribution in [0.2, 0.25) is 0 Å². The zero-order valence-electron chi connectivity index (χ0n) is 12.3. The molecule has 1 atom stereocenters. The molecule has 0 aliphatic carbocycles. The lowest BCUT2D eigenvalue weighted by Crippen LogP contribution is -2.11. The largest absolute Gasteiger partial charge is 0.454 e. The Bertz CT molecular complexity index is 739. The molecule has 22 heavy (non-hydrogen) atoms. The highest BCUT2D eigenvalue weighted by atomic mass is 32.2. The van der Waals surface area contributed by atoms with Crippen LogP contribution in [0.5, 0.6) is 0 Å². The lowest BCUT2D eigenvalue weighted by Gasteiger charge is -2.13. The van der Waals surface area contributed by atoms with Gasteiger partial charge in [-0.3, -0.25) is 4.72 Å². The molecule has 0 aliphatic heterocycles. The number of hydrogen-bond donors (Lipinski definition) is 1. The third-order valence-corrected chi connectivity index (χ3v) is 3.58. The van der Waals surface area contributed by atoms with Crippen LogP contribution < -0.4 is 4.72 Å². The van der Waals surface area contributed by atoms with E-state index >= 15 is 0 Å². The number of hydrogen-bond acceptors (Lipinski definition) is 4. The average Bonchev–Trinajstić information content (AvgIpc) is 2.47. The van der Waals surface area contributed by atoms with Crippen molar-refractivity contribution in [2.24, 2.45) is 0 Å². The highest BCUT2D eigenvalue weighted by molar-refractivity contribution is 7.92. The first-order valence-corrected chi connectivity index (χ1v) is 8.58. The molecule has 2 aromatic carbocycles. The fourth-order valence-corrected chi connectivity index (χ4v) is 2.47. The molecule has 2 aromatic rings. The molecule has 1 N–H and O–H groups in total. The summed E-state index contributed by atoms with van der Waals surface area (Å²) in [5.41, 5.74) is 1.67. The molecule has 0 unspecified atom stereocenters. The molecule has 5 nitrogen and oxygen atoms in total. The van der Waals surface area contributed by atoms with Crippen LogP contribution in [0.15, 0.2) is 54.6 Å². The van der Waals surface area contributed by atoms with Gasteiger partial charge in [-0.05, 0) is 36.8 Å². The summed E-state index contributed by atoms with van der Waals surface area (Å²) in [6, 6.07) is 15.5. The van der Waals surface area contributed by atoms with Gasteiger partial charge in [0.05, 0.1) is 11.8 Å². The summed E-state index contributed by atoms with van der Waals surface area (Å²) in [6.45, 7) is 1.80. The first-order chi connectivity index (χ1) is 10.3. The van der Waals surface area contributed by atoms with E-state index in [9.17, 15) is 13.2 Å². The van der Waals surface area contributed by atoms with Crippen LogP contribution in [0.4, 0.5) is 5.69 Å². The SMILES string of the molecule is C[C@H](OC(=O)c1ccc(NS(C)(=O)=O)cc1)c1ccccc1. The van der Waals surface area contributed by atoms with Crippen LogP contribution in [0.3, 0.4) is 0 Å². The Labute approximate surface area is 130 Å². The van der Waals surface area contributed by atoms with Gasteiger partial charge in [0, 0.05) is 5.69 Å². The number of anilines is 1. The van der Waals surface area contributed by atoms with Gasteiger partial charge in [0.25, 0.3) is 0 Å². The number of ether oxygens (including phenoxy) is 1. The summed E-state index contributed by atoms with van der Waals surface area (Å²) in [4.78, 5) is 12.1. The van der Waals surface area contributed by atoms with Gasteiger partial charge in [-0.15, -0.1) is 0 Å². The van der Waals surface area contributed by atoms with E-state index < -0.39 is 16.0 Å². The molecular weight excluding hydrogens is 302 g/mol. The van der Waals surface area contributed by atoms with Crippen molar-refractivity contribution in [2.75, 3.05) is 11.0 Å². The van der Waals surface area contributed by atoms with E-state index in [1.54, 1.807) is 6.92 Å². The van der Waals surface area contributed by atoms with Gasteiger partial charge in [0.15, 0.2) is 0 Å². The number of sulfonamides is 1.